The van der Waals surface area contributed by atoms with Gasteiger partial charge in [-0.3, -0.25) is 9.79 Å². The number of rotatable bonds is 11. The van der Waals surface area contributed by atoms with Crippen molar-refractivity contribution in [3.63, 3.8) is 0 Å². The fourth-order valence-corrected chi connectivity index (χ4v) is 4.98. The fourth-order valence-electron chi connectivity index (χ4n) is 4.98. The van der Waals surface area contributed by atoms with Crippen molar-refractivity contribution in [1.29, 1.82) is 0 Å². The Morgan fingerprint density at radius 1 is 0.975 bits per heavy atom. The normalized spacial score (nSPS) is 42.8. The van der Waals surface area contributed by atoms with Crippen LogP contribution in [0, 0.1) is 0 Å². The number of carbonyl (C=O) groups excluding carboxylic acids is 1. The lowest BCUT2D eigenvalue weighted by Gasteiger charge is -2.47. The molecule has 0 radical (unpaired) electrons. The summed E-state index contributed by atoms with van der Waals surface area (Å²) in [5.74, 6) is -1.04. The molecule has 2 aliphatic heterocycles. The van der Waals surface area contributed by atoms with Gasteiger partial charge in [-0.1, -0.05) is 0 Å². The van der Waals surface area contributed by atoms with Crippen LogP contribution < -0.4 is 39.7 Å². The van der Waals surface area contributed by atoms with E-state index in [1.165, 1.54) is 0 Å². The molecule has 0 aromatic rings. The number of hydrogen-bond donors (Lipinski definition) is 12. The predicted molar refractivity (Wildman–Crippen MR) is 138 cm³/mol. The first-order valence-corrected chi connectivity index (χ1v) is 13.2. The Hall–Kier alpha value is -1.78. The highest BCUT2D eigenvalue weighted by molar-refractivity contribution is 5.80. The quantitative estimate of drug-likeness (QED) is 0.0797. The molecule has 0 aromatic heterocycles. The van der Waals surface area contributed by atoms with Gasteiger partial charge in [0.15, 0.2) is 18.5 Å². The van der Waals surface area contributed by atoms with E-state index in [4.69, 9.17) is 53.3 Å². The largest absolute Gasteiger partial charge is 0.391 e. The van der Waals surface area contributed by atoms with E-state index in [-0.39, 0.29) is 44.9 Å². The maximum absolute atomic E-state index is 12.5. The molecule has 2 saturated heterocycles. The second-order valence-corrected chi connectivity index (χ2v) is 10.3. The molecule has 0 spiro atoms. The Labute approximate surface area is 230 Å². The first-order chi connectivity index (χ1) is 18.9. The first kappa shape index (κ1) is 32.7. The van der Waals surface area contributed by atoms with Crippen LogP contribution in [0.2, 0.25) is 0 Å². The van der Waals surface area contributed by atoms with Crippen LogP contribution in [0.15, 0.2) is 4.99 Å². The molecule has 232 valence electrons. The minimum atomic E-state index is -1.58. The molecule has 14 atom stereocenters. The molecule has 3 fully saturated rings. The van der Waals surface area contributed by atoms with Crippen molar-refractivity contribution in [3.8, 4) is 0 Å². The highest BCUT2D eigenvalue weighted by Crippen LogP contribution is 2.32. The van der Waals surface area contributed by atoms with Gasteiger partial charge in [0.05, 0.1) is 30.8 Å². The van der Waals surface area contributed by atoms with Gasteiger partial charge in [-0.25, -0.2) is 0 Å². The Balaban J connectivity index is 1.83. The third-order valence-electron chi connectivity index (χ3n) is 7.30. The number of nitrogens with zero attached hydrogens (tertiary/aromatic N) is 1. The summed E-state index contributed by atoms with van der Waals surface area (Å²) in [4.78, 5) is 16.2. The van der Waals surface area contributed by atoms with Gasteiger partial charge in [-0.15, -0.1) is 0 Å². The molecule has 3 aliphatic rings. The van der Waals surface area contributed by atoms with Gasteiger partial charge < -0.3 is 84.2 Å². The molecule has 18 heteroatoms. The lowest BCUT2D eigenvalue weighted by atomic mass is 9.83. The molecular weight excluding hydrogens is 536 g/mol. The molecule has 0 bridgehead atoms. The zero-order valence-electron chi connectivity index (χ0n) is 22.0. The SMILES string of the molecule is NCC[C@H](O)C(=O)N[C@@H]1C[C@H](N)[C@@H](O[C@H]2O[C@H](CN)C[C@H](O)[C@H]2N)[C@H](O[C@@H]2O[C@H](CN=C(N)N)[C@H](O)[C@H]2O)[C@H]1O. The van der Waals surface area contributed by atoms with Gasteiger partial charge in [-0.2, -0.15) is 0 Å². The third kappa shape index (κ3) is 7.73. The zero-order valence-corrected chi connectivity index (χ0v) is 22.0. The van der Waals surface area contributed by atoms with Gasteiger partial charge in [-0.05, 0) is 19.4 Å². The molecule has 1 saturated carbocycles. The lowest BCUT2D eigenvalue weighted by Crippen LogP contribution is -2.67. The zero-order chi connectivity index (χ0) is 29.7. The Kier molecular flexibility index (Phi) is 11.8. The van der Waals surface area contributed by atoms with Crippen LogP contribution in [-0.4, -0.2) is 143 Å². The monoisotopic (exact) mass is 580 g/mol. The van der Waals surface area contributed by atoms with E-state index in [1.54, 1.807) is 0 Å². The molecule has 1 amide bonds. The summed E-state index contributed by atoms with van der Waals surface area (Å²) in [5, 5.41) is 55.2. The molecule has 2 heterocycles. The molecule has 18 N–H and O–H groups in total. The van der Waals surface area contributed by atoms with Crippen LogP contribution in [0.1, 0.15) is 19.3 Å². The Morgan fingerprint density at radius 3 is 2.27 bits per heavy atom. The summed E-state index contributed by atoms with van der Waals surface area (Å²) < 4.78 is 23.4. The van der Waals surface area contributed by atoms with Crippen LogP contribution >= 0.6 is 0 Å². The van der Waals surface area contributed by atoms with Crippen molar-refractivity contribution in [1.82, 2.24) is 5.32 Å². The number of aliphatic hydroxyl groups is 5. The smallest absolute Gasteiger partial charge is 0.249 e. The standard InChI is InChI=1S/C22H44N8O10/c23-2-1-10(31)19(36)30-9-4-8(25)17(39-20-13(26)11(32)3-7(5-24)37-20)18(14(9)33)40-21-16(35)15(34)12(38-21)6-29-22(27)28/h7-18,20-21,31-35H,1-6,23-26H2,(H,30,36)(H4,27,28,29)/t7-,8-,9+,10-,11-,12+,13+,14-,15-,16+,17+,18+,20+,21-/m0/s1. The Bertz CT molecular complexity index is 856. The summed E-state index contributed by atoms with van der Waals surface area (Å²) in [5.41, 5.74) is 34.3. The fraction of sp³-hybridized carbons (Fsp3) is 0.909. The number of aliphatic imine (C=N–C) groups is 1. The number of nitrogens with two attached hydrogens (primary N) is 6. The lowest BCUT2D eigenvalue weighted by molar-refractivity contribution is -0.294. The van der Waals surface area contributed by atoms with Crippen molar-refractivity contribution >= 4 is 11.9 Å². The molecular formula is C22H44N8O10. The van der Waals surface area contributed by atoms with E-state index in [9.17, 15) is 30.3 Å². The first-order valence-electron chi connectivity index (χ1n) is 13.2. The summed E-state index contributed by atoms with van der Waals surface area (Å²) in [6.07, 6.45) is -13.7. The Morgan fingerprint density at radius 2 is 1.65 bits per heavy atom. The summed E-state index contributed by atoms with van der Waals surface area (Å²) in [6.45, 7) is -0.0479. The van der Waals surface area contributed by atoms with E-state index < -0.39 is 91.5 Å². The number of amides is 1. The van der Waals surface area contributed by atoms with Gasteiger partial charge in [0, 0.05) is 19.0 Å². The summed E-state index contributed by atoms with van der Waals surface area (Å²) in [6, 6.07) is -2.93. The van der Waals surface area contributed by atoms with Crippen LogP contribution in [0.4, 0.5) is 0 Å². The second-order valence-electron chi connectivity index (χ2n) is 10.3. The molecule has 1 aliphatic carbocycles. The maximum atomic E-state index is 12.5. The molecule has 40 heavy (non-hydrogen) atoms. The van der Waals surface area contributed by atoms with Crippen LogP contribution in [0.3, 0.4) is 0 Å². The summed E-state index contributed by atoms with van der Waals surface area (Å²) in [7, 11) is 0. The minimum Gasteiger partial charge on any atom is -0.391 e. The van der Waals surface area contributed by atoms with E-state index >= 15 is 0 Å². The van der Waals surface area contributed by atoms with Crippen LogP contribution in [-0.2, 0) is 23.7 Å². The number of hydrogen-bond acceptors (Lipinski definition) is 15. The van der Waals surface area contributed by atoms with Crippen molar-refractivity contribution < 1.29 is 49.3 Å². The van der Waals surface area contributed by atoms with Crippen molar-refractivity contribution in [2.75, 3.05) is 19.6 Å². The highest BCUT2D eigenvalue weighted by Gasteiger charge is 2.52. The van der Waals surface area contributed by atoms with E-state index in [1.807, 2.05) is 0 Å². The highest BCUT2D eigenvalue weighted by atomic mass is 16.7. The molecule has 0 aromatic carbocycles. The van der Waals surface area contributed by atoms with E-state index in [2.05, 4.69) is 10.3 Å². The number of aliphatic hydroxyl groups excluding tert-OH is 5. The minimum absolute atomic E-state index is 0.00884. The third-order valence-corrected chi connectivity index (χ3v) is 7.30. The van der Waals surface area contributed by atoms with Crippen molar-refractivity contribution in [2.24, 2.45) is 39.4 Å². The second kappa shape index (κ2) is 14.4. The van der Waals surface area contributed by atoms with Crippen LogP contribution in [0.25, 0.3) is 0 Å². The average molecular weight is 581 g/mol. The number of nitrogens with one attached hydrogen (secondary N) is 1. The van der Waals surface area contributed by atoms with Gasteiger partial charge in [0.25, 0.3) is 0 Å². The van der Waals surface area contributed by atoms with Gasteiger partial charge in [0.2, 0.25) is 5.91 Å². The topological polar surface area (TPSA) is 336 Å². The van der Waals surface area contributed by atoms with Gasteiger partial charge >= 0.3 is 0 Å². The molecule has 18 nitrogen and oxygen atoms in total. The average Bonchev–Trinajstić information content (AvgIpc) is 3.17. The van der Waals surface area contributed by atoms with Crippen molar-refractivity contribution in [3.05, 3.63) is 0 Å². The summed E-state index contributed by atoms with van der Waals surface area (Å²) >= 11 is 0. The van der Waals surface area contributed by atoms with Crippen molar-refractivity contribution in [2.45, 2.75) is 105 Å². The molecule has 3 rings (SSSR count). The molecule has 0 unspecified atom stereocenters. The van der Waals surface area contributed by atoms with Gasteiger partial charge in [0.1, 0.15) is 42.7 Å². The number of guanidine groups is 1. The number of carbonyl (C=O) groups is 1. The maximum Gasteiger partial charge on any atom is 0.249 e. The van der Waals surface area contributed by atoms with Crippen LogP contribution in [0.5, 0.6) is 0 Å². The van der Waals surface area contributed by atoms with E-state index in [0.717, 1.165) is 0 Å². The van der Waals surface area contributed by atoms with E-state index in [0.29, 0.717) is 0 Å². The predicted octanol–water partition coefficient (Wildman–Crippen LogP) is -7.47. The number of ether oxygens (including phenoxy) is 4.